The van der Waals surface area contributed by atoms with Gasteiger partial charge in [-0.15, -0.1) is 11.3 Å². The Balaban J connectivity index is 1.20. The number of aromatic nitrogens is 1. The fourth-order valence-electron chi connectivity index (χ4n) is 7.33. The van der Waals surface area contributed by atoms with Crippen LogP contribution in [-0.2, 0) is 25.6 Å². The van der Waals surface area contributed by atoms with Crippen LogP contribution in [0.1, 0.15) is 76.5 Å². The van der Waals surface area contributed by atoms with Gasteiger partial charge in [-0.1, -0.05) is 93.6 Å². The fourth-order valence-corrected chi connectivity index (χ4v) is 8.15. The molecule has 3 aromatic carbocycles. The van der Waals surface area contributed by atoms with Crippen molar-refractivity contribution in [3.05, 3.63) is 101 Å². The molecule has 4 aromatic rings. The van der Waals surface area contributed by atoms with E-state index in [-0.39, 0.29) is 24.5 Å². The van der Waals surface area contributed by atoms with Crippen LogP contribution in [0.15, 0.2) is 78.3 Å². The molecule has 0 unspecified atom stereocenters. The number of benzene rings is 3. The molecule has 1 fully saturated rings. The molecule has 9 nitrogen and oxygen atoms in total. The summed E-state index contributed by atoms with van der Waals surface area (Å²) >= 11 is 1.60. The number of carbonyl (C=O) groups excluding carboxylic acids is 3. The van der Waals surface area contributed by atoms with Crippen molar-refractivity contribution in [2.75, 3.05) is 13.6 Å². The summed E-state index contributed by atoms with van der Waals surface area (Å²) in [5.74, 6) is -0.582. The monoisotopic (exact) mass is 708 g/mol. The van der Waals surface area contributed by atoms with Crippen LogP contribution in [0.2, 0.25) is 0 Å². The molecule has 1 aliphatic carbocycles. The third kappa shape index (κ3) is 7.72. The smallest absolute Gasteiger partial charge is 0.411 e. The standard InChI is InChI=1S/C41H48N4O5S/c1-25-35(51-24-43-25)27-19-17-26(18-20-27)22-42-37(46)33-21-28(50-41(5,6)7)23-45(33)38(47)36(40(2,3)4)44(8)39(48)49-34-31-15-11-9-13-29(31)30-14-10-12-16-32(30)34/h9-20,24,28,33-34,36H,21-23H2,1-8H3,(H,42,46)/t28-,33+,36-/m1/s1. The third-order valence-electron chi connectivity index (χ3n) is 9.52. The summed E-state index contributed by atoms with van der Waals surface area (Å²) < 4.78 is 12.5. The van der Waals surface area contributed by atoms with Crippen molar-refractivity contribution in [1.29, 1.82) is 0 Å². The van der Waals surface area contributed by atoms with Gasteiger partial charge < -0.3 is 19.7 Å². The molecule has 0 spiro atoms. The van der Waals surface area contributed by atoms with Gasteiger partial charge >= 0.3 is 6.09 Å². The minimum absolute atomic E-state index is 0.232. The second-order valence-corrected chi connectivity index (χ2v) is 16.4. The summed E-state index contributed by atoms with van der Waals surface area (Å²) in [5.41, 5.74) is 7.56. The summed E-state index contributed by atoms with van der Waals surface area (Å²) in [7, 11) is 1.61. The highest BCUT2D eigenvalue weighted by atomic mass is 32.1. The van der Waals surface area contributed by atoms with E-state index >= 15 is 0 Å². The Morgan fingerprint density at radius 3 is 2.10 bits per heavy atom. The van der Waals surface area contributed by atoms with Gasteiger partial charge in [0.05, 0.1) is 27.8 Å². The van der Waals surface area contributed by atoms with Crippen LogP contribution in [0.5, 0.6) is 0 Å². The van der Waals surface area contributed by atoms with Crippen molar-refractivity contribution in [1.82, 2.24) is 20.1 Å². The highest BCUT2D eigenvalue weighted by Gasteiger charge is 2.48. The summed E-state index contributed by atoms with van der Waals surface area (Å²) in [6.45, 7) is 14.2. The Morgan fingerprint density at radius 1 is 0.941 bits per heavy atom. The molecule has 1 aliphatic heterocycles. The zero-order chi connectivity index (χ0) is 36.7. The van der Waals surface area contributed by atoms with E-state index in [1.165, 1.54) is 4.90 Å². The Kier molecular flexibility index (Phi) is 10.1. The first-order chi connectivity index (χ1) is 24.1. The number of amides is 3. The molecule has 51 heavy (non-hydrogen) atoms. The number of rotatable bonds is 8. The Hall–Kier alpha value is -4.54. The molecule has 268 valence electrons. The van der Waals surface area contributed by atoms with Crippen LogP contribution in [0, 0.1) is 12.3 Å². The van der Waals surface area contributed by atoms with Gasteiger partial charge in [-0.3, -0.25) is 14.5 Å². The molecule has 10 heteroatoms. The number of hydrogen-bond acceptors (Lipinski definition) is 7. The normalized spacial score (nSPS) is 17.8. The second kappa shape index (κ2) is 14.2. The topological polar surface area (TPSA) is 101 Å². The molecule has 6 rings (SSSR count). The van der Waals surface area contributed by atoms with Gasteiger partial charge in [-0.25, -0.2) is 9.78 Å². The quantitative estimate of drug-likeness (QED) is 0.201. The predicted molar refractivity (Wildman–Crippen MR) is 200 cm³/mol. The molecule has 0 saturated carbocycles. The van der Waals surface area contributed by atoms with E-state index in [1.807, 2.05) is 127 Å². The number of likely N-dealkylation sites (N-methyl/N-ethyl adjacent to an activating group) is 1. The van der Waals surface area contributed by atoms with Gasteiger partial charge in [0.25, 0.3) is 0 Å². The largest absolute Gasteiger partial charge is 0.436 e. The summed E-state index contributed by atoms with van der Waals surface area (Å²) in [4.78, 5) is 51.1. The third-order valence-corrected chi connectivity index (χ3v) is 10.5. The van der Waals surface area contributed by atoms with Crippen molar-refractivity contribution >= 4 is 29.2 Å². The number of thiazole rings is 1. The van der Waals surface area contributed by atoms with E-state index in [1.54, 1.807) is 23.3 Å². The van der Waals surface area contributed by atoms with Crippen molar-refractivity contribution in [2.24, 2.45) is 5.41 Å². The van der Waals surface area contributed by atoms with E-state index in [4.69, 9.17) is 9.47 Å². The van der Waals surface area contributed by atoms with Crippen LogP contribution >= 0.6 is 11.3 Å². The lowest BCUT2D eigenvalue weighted by molar-refractivity contribution is -0.145. The molecule has 2 aliphatic rings. The van der Waals surface area contributed by atoms with Crippen LogP contribution in [0.4, 0.5) is 4.79 Å². The molecule has 1 N–H and O–H groups in total. The van der Waals surface area contributed by atoms with Crippen molar-refractivity contribution in [2.45, 2.75) is 91.3 Å². The van der Waals surface area contributed by atoms with Gasteiger partial charge in [-0.2, -0.15) is 0 Å². The number of likely N-dealkylation sites (tertiary alicyclic amines) is 1. The Labute approximate surface area is 305 Å². The molecule has 3 atom stereocenters. The van der Waals surface area contributed by atoms with Crippen LogP contribution in [0.3, 0.4) is 0 Å². The van der Waals surface area contributed by atoms with E-state index in [9.17, 15) is 14.4 Å². The van der Waals surface area contributed by atoms with Gasteiger partial charge in [0.15, 0.2) is 6.10 Å². The zero-order valence-corrected chi connectivity index (χ0v) is 31.5. The number of nitrogens with one attached hydrogen (secondary N) is 1. The van der Waals surface area contributed by atoms with Gasteiger partial charge in [0.1, 0.15) is 12.1 Å². The van der Waals surface area contributed by atoms with E-state index in [0.29, 0.717) is 13.0 Å². The fraction of sp³-hybridized carbons (Fsp3) is 0.415. The maximum atomic E-state index is 14.7. The molecular formula is C41H48N4O5S. The SMILES string of the molecule is Cc1ncsc1-c1ccc(CNC(=O)[C@@H]2C[C@@H](OC(C)(C)C)CN2C(=O)[C@@H](N(C)C(=O)OC2c3ccccc3-c3ccccc32)C(C)(C)C)cc1. The van der Waals surface area contributed by atoms with E-state index in [2.05, 4.69) is 10.3 Å². The molecule has 1 saturated heterocycles. The van der Waals surface area contributed by atoms with E-state index in [0.717, 1.165) is 44.0 Å². The molecule has 1 aromatic heterocycles. The van der Waals surface area contributed by atoms with Crippen molar-refractivity contribution in [3.8, 4) is 21.6 Å². The molecule has 0 bridgehead atoms. The maximum Gasteiger partial charge on any atom is 0.411 e. The number of fused-ring (bicyclic) bond motifs is 3. The molecule has 3 amide bonds. The number of nitrogens with zero attached hydrogens (tertiary/aromatic N) is 3. The lowest BCUT2D eigenvalue weighted by Crippen LogP contribution is -2.58. The summed E-state index contributed by atoms with van der Waals surface area (Å²) in [6, 6.07) is 22.2. The lowest BCUT2D eigenvalue weighted by atomic mass is 9.84. The summed E-state index contributed by atoms with van der Waals surface area (Å²) in [6.07, 6.45) is -1.22. The van der Waals surface area contributed by atoms with Gasteiger partial charge in [0.2, 0.25) is 11.8 Å². The van der Waals surface area contributed by atoms with Gasteiger partial charge in [0, 0.05) is 37.7 Å². The number of aryl methyl sites for hydroxylation is 1. The van der Waals surface area contributed by atoms with Crippen molar-refractivity contribution < 1.29 is 23.9 Å². The first-order valence-electron chi connectivity index (χ1n) is 17.5. The van der Waals surface area contributed by atoms with E-state index < -0.39 is 35.3 Å². The molecule has 2 heterocycles. The minimum atomic E-state index is -0.914. The zero-order valence-electron chi connectivity index (χ0n) is 30.7. The van der Waals surface area contributed by atoms with Crippen LogP contribution < -0.4 is 5.32 Å². The Morgan fingerprint density at radius 2 is 1.55 bits per heavy atom. The average molecular weight is 709 g/mol. The first-order valence-corrected chi connectivity index (χ1v) is 18.4. The molecule has 0 radical (unpaired) electrons. The predicted octanol–water partition coefficient (Wildman–Crippen LogP) is 7.77. The maximum absolute atomic E-state index is 14.7. The number of ether oxygens (including phenoxy) is 2. The van der Waals surface area contributed by atoms with Gasteiger partial charge in [-0.05, 0) is 55.4 Å². The highest BCUT2D eigenvalue weighted by Crippen LogP contribution is 2.45. The average Bonchev–Trinajstić information content (AvgIpc) is 3.78. The lowest BCUT2D eigenvalue weighted by Gasteiger charge is -2.40. The van der Waals surface area contributed by atoms with Crippen LogP contribution in [0.25, 0.3) is 21.6 Å². The minimum Gasteiger partial charge on any atom is -0.436 e. The summed E-state index contributed by atoms with van der Waals surface area (Å²) in [5, 5.41) is 3.07. The first kappa shape index (κ1) is 36.3. The number of hydrogen-bond donors (Lipinski definition) is 1. The van der Waals surface area contributed by atoms with Crippen LogP contribution in [-0.4, -0.2) is 70.1 Å². The molecular weight excluding hydrogens is 661 g/mol. The second-order valence-electron chi connectivity index (χ2n) is 15.6. The van der Waals surface area contributed by atoms with Crippen molar-refractivity contribution in [3.63, 3.8) is 0 Å². The Bertz CT molecular complexity index is 1860. The number of carbonyl (C=O) groups is 3. The highest BCUT2D eigenvalue weighted by molar-refractivity contribution is 7.13.